The number of aromatic amines is 1. The van der Waals surface area contributed by atoms with Gasteiger partial charge in [0.25, 0.3) is 0 Å². The van der Waals surface area contributed by atoms with Crippen LogP contribution in [-0.2, 0) is 20.8 Å². The highest BCUT2D eigenvalue weighted by atomic mass is 16.4. The van der Waals surface area contributed by atoms with E-state index in [0.29, 0.717) is 0 Å². The standard InChI is InChI=1S/C15H16N2O5/c18-13(5-6-14(19)20)17-12(15(21)22)7-9-8-16-11-4-2-1-3-10(9)11/h1-4,8,12,16H,5-7H2,(H,17,18)(H,19,20)(H,21,22)/p-2/t12-/m1/s1. The number of nitrogens with one attached hydrogen (secondary N) is 2. The fourth-order valence-corrected chi connectivity index (χ4v) is 2.20. The van der Waals surface area contributed by atoms with E-state index in [-0.39, 0.29) is 12.8 Å². The van der Waals surface area contributed by atoms with E-state index >= 15 is 0 Å². The third-order valence-corrected chi connectivity index (χ3v) is 3.27. The van der Waals surface area contributed by atoms with Gasteiger partial charge < -0.3 is 30.1 Å². The molecule has 0 radical (unpaired) electrons. The van der Waals surface area contributed by atoms with Crippen LogP contribution in [0.15, 0.2) is 30.5 Å². The second-order valence-corrected chi connectivity index (χ2v) is 4.87. The van der Waals surface area contributed by atoms with E-state index < -0.39 is 30.3 Å². The highest BCUT2D eigenvalue weighted by molar-refractivity contribution is 5.87. The molecule has 1 aromatic heterocycles. The van der Waals surface area contributed by atoms with Crippen molar-refractivity contribution in [2.24, 2.45) is 0 Å². The third-order valence-electron chi connectivity index (χ3n) is 3.27. The molecular formula is C15H14N2O5-2. The van der Waals surface area contributed by atoms with Crippen molar-refractivity contribution in [2.75, 3.05) is 0 Å². The molecule has 2 rings (SSSR count). The molecule has 1 atom stereocenters. The number of aromatic nitrogens is 1. The number of aliphatic carboxylic acids is 2. The first-order valence-electron chi connectivity index (χ1n) is 6.72. The van der Waals surface area contributed by atoms with Crippen molar-refractivity contribution in [1.29, 1.82) is 0 Å². The van der Waals surface area contributed by atoms with Crippen LogP contribution in [0.3, 0.4) is 0 Å². The second-order valence-electron chi connectivity index (χ2n) is 4.87. The maximum absolute atomic E-state index is 11.6. The largest absolute Gasteiger partial charge is 0.550 e. The van der Waals surface area contributed by atoms with Gasteiger partial charge in [-0.3, -0.25) is 4.79 Å². The fourth-order valence-electron chi connectivity index (χ4n) is 2.20. The van der Waals surface area contributed by atoms with Gasteiger partial charge in [-0.25, -0.2) is 0 Å². The Kier molecular flexibility index (Phi) is 4.77. The zero-order valence-corrected chi connectivity index (χ0v) is 11.6. The summed E-state index contributed by atoms with van der Waals surface area (Å²) in [6.45, 7) is 0. The summed E-state index contributed by atoms with van der Waals surface area (Å²) in [5, 5.41) is 24.6. The smallest absolute Gasteiger partial charge is 0.220 e. The van der Waals surface area contributed by atoms with Gasteiger partial charge in [0.05, 0.1) is 12.0 Å². The molecule has 0 fully saturated rings. The van der Waals surface area contributed by atoms with E-state index in [0.717, 1.165) is 16.5 Å². The molecule has 7 nitrogen and oxygen atoms in total. The molecule has 0 bridgehead atoms. The molecular weight excluding hydrogens is 288 g/mol. The quantitative estimate of drug-likeness (QED) is 0.642. The number of carboxylic acid groups (broad SMARTS) is 2. The van der Waals surface area contributed by atoms with E-state index in [2.05, 4.69) is 10.3 Å². The molecule has 1 amide bonds. The van der Waals surface area contributed by atoms with Crippen LogP contribution in [0, 0.1) is 0 Å². The highest BCUT2D eigenvalue weighted by Crippen LogP contribution is 2.19. The first kappa shape index (κ1) is 15.6. The van der Waals surface area contributed by atoms with Gasteiger partial charge in [0.1, 0.15) is 0 Å². The van der Waals surface area contributed by atoms with Crippen LogP contribution in [0.2, 0.25) is 0 Å². The van der Waals surface area contributed by atoms with E-state index in [1.54, 1.807) is 6.20 Å². The lowest BCUT2D eigenvalue weighted by Gasteiger charge is -2.19. The maximum Gasteiger partial charge on any atom is 0.220 e. The summed E-state index contributed by atoms with van der Waals surface area (Å²) < 4.78 is 0. The Morgan fingerprint density at radius 2 is 1.86 bits per heavy atom. The number of benzene rings is 1. The first-order valence-corrected chi connectivity index (χ1v) is 6.72. The van der Waals surface area contributed by atoms with Crippen molar-refractivity contribution < 1.29 is 24.6 Å². The number of rotatable bonds is 7. The van der Waals surface area contributed by atoms with Gasteiger partial charge in [-0.15, -0.1) is 0 Å². The monoisotopic (exact) mass is 302 g/mol. The molecule has 7 heteroatoms. The van der Waals surface area contributed by atoms with E-state index in [4.69, 9.17) is 0 Å². The molecule has 0 saturated heterocycles. The fraction of sp³-hybridized carbons (Fsp3) is 0.267. The number of amides is 1. The minimum absolute atomic E-state index is 0.0450. The van der Waals surface area contributed by atoms with Crippen molar-refractivity contribution in [3.05, 3.63) is 36.0 Å². The lowest BCUT2D eigenvalue weighted by atomic mass is 10.0. The summed E-state index contributed by atoms with van der Waals surface area (Å²) in [5.41, 5.74) is 1.59. The predicted octanol–water partition coefficient (Wildman–Crippen LogP) is -1.52. The van der Waals surface area contributed by atoms with Gasteiger partial charge in [-0.1, -0.05) is 18.2 Å². The molecule has 0 spiro atoms. The van der Waals surface area contributed by atoms with Gasteiger partial charge in [-0.2, -0.15) is 0 Å². The highest BCUT2D eigenvalue weighted by Gasteiger charge is 2.16. The lowest BCUT2D eigenvalue weighted by molar-refractivity contribution is -0.308. The molecule has 0 unspecified atom stereocenters. The Hall–Kier alpha value is -2.83. The van der Waals surface area contributed by atoms with Gasteiger partial charge in [0, 0.05) is 35.9 Å². The SMILES string of the molecule is O=C([O-])CCC(=O)N[C@H](Cc1c[nH]c2ccccc12)C(=O)[O-]. The summed E-state index contributed by atoms with van der Waals surface area (Å²) in [7, 11) is 0. The van der Waals surface area contributed by atoms with Gasteiger partial charge >= 0.3 is 0 Å². The van der Waals surface area contributed by atoms with Crippen molar-refractivity contribution >= 4 is 28.7 Å². The topological polar surface area (TPSA) is 125 Å². The molecule has 0 aliphatic carbocycles. The number of H-pyrrole nitrogens is 1. The van der Waals surface area contributed by atoms with Crippen LogP contribution in [0.5, 0.6) is 0 Å². The van der Waals surface area contributed by atoms with Crippen molar-refractivity contribution in [1.82, 2.24) is 10.3 Å². The Bertz CT molecular complexity index is 707. The Labute approximate surface area is 125 Å². The number of carboxylic acids is 2. The van der Waals surface area contributed by atoms with Crippen molar-refractivity contribution in [2.45, 2.75) is 25.3 Å². The van der Waals surface area contributed by atoms with Crippen LogP contribution >= 0.6 is 0 Å². The molecule has 0 saturated carbocycles. The summed E-state index contributed by atoms with van der Waals surface area (Å²) in [6.07, 6.45) is 0.927. The van der Waals surface area contributed by atoms with E-state index in [1.165, 1.54) is 0 Å². The minimum Gasteiger partial charge on any atom is -0.550 e. The van der Waals surface area contributed by atoms with Gasteiger partial charge in [0.2, 0.25) is 5.91 Å². The molecule has 2 N–H and O–H groups in total. The average molecular weight is 302 g/mol. The molecule has 2 aromatic rings. The third kappa shape index (κ3) is 3.85. The zero-order chi connectivity index (χ0) is 16.1. The first-order chi connectivity index (χ1) is 10.5. The predicted molar refractivity (Wildman–Crippen MR) is 73.2 cm³/mol. The van der Waals surface area contributed by atoms with Crippen LogP contribution in [-0.4, -0.2) is 28.9 Å². The van der Waals surface area contributed by atoms with Crippen LogP contribution < -0.4 is 15.5 Å². The van der Waals surface area contributed by atoms with E-state index in [9.17, 15) is 24.6 Å². The molecule has 1 aromatic carbocycles. The number of carbonyl (C=O) groups is 3. The normalized spacial score (nSPS) is 12.0. The Morgan fingerprint density at radius 1 is 1.14 bits per heavy atom. The lowest BCUT2D eigenvalue weighted by Crippen LogP contribution is -2.49. The molecule has 0 aliphatic rings. The maximum atomic E-state index is 11.6. The Balaban J connectivity index is 2.07. The van der Waals surface area contributed by atoms with Crippen molar-refractivity contribution in [3.8, 4) is 0 Å². The van der Waals surface area contributed by atoms with Crippen LogP contribution in [0.1, 0.15) is 18.4 Å². The zero-order valence-electron chi connectivity index (χ0n) is 11.6. The van der Waals surface area contributed by atoms with Crippen molar-refractivity contribution in [3.63, 3.8) is 0 Å². The number of fused-ring (bicyclic) bond motifs is 1. The van der Waals surface area contributed by atoms with Crippen LogP contribution in [0.4, 0.5) is 0 Å². The minimum atomic E-state index is -1.42. The summed E-state index contributed by atoms with van der Waals surface area (Å²) in [4.78, 5) is 36.0. The number of carbonyl (C=O) groups excluding carboxylic acids is 3. The van der Waals surface area contributed by atoms with E-state index in [1.807, 2.05) is 24.3 Å². The van der Waals surface area contributed by atoms with Crippen LogP contribution in [0.25, 0.3) is 10.9 Å². The number of hydrogen-bond acceptors (Lipinski definition) is 5. The Morgan fingerprint density at radius 3 is 2.55 bits per heavy atom. The summed E-state index contributed by atoms with van der Waals surface area (Å²) in [5.74, 6) is -3.46. The molecule has 1 heterocycles. The second kappa shape index (κ2) is 6.75. The number of para-hydroxylation sites is 1. The van der Waals surface area contributed by atoms with Gasteiger partial charge in [-0.05, 0) is 18.1 Å². The molecule has 0 aliphatic heterocycles. The molecule has 22 heavy (non-hydrogen) atoms. The summed E-state index contributed by atoms with van der Waals surface area (Å²) >= 11 is 0. The summed E-state index contributed by atoms with van der Waals surface area (Å²) in [6, 6.07) is 6.14. The number of hydrogen-bond donors (Lipinski definition) is 2. The molecule has 116 valence electrons. The average Bonchev–Trinajstić information content (AvgIpc) is 2.87. The van der Waals surface area contributed by atoms with Gasteiger partial charge in [0.15, 0.2) is 0 Å².